The van der Waals surface area contributed by atoms with Gasteiger partial charge >= 0.3 is 0 Å². The minimum Gasteiger partial charge on any atom is -0.378 e. The smallest absolute Gasteiger partial charge is 0.210 e. The third kappa shape index (κ3) is 5.14. The van der Waals surface area contributed by atoms with Crippen LogP contribution in [0.1, 0.15) is 19.4 Å². The Bertz CT molecular complexity index is 589. The predicted octanol–water partition coefficient (Wildman–Crippen LogP) is 4.76. The van der Waals surface area contributed by atoms with Crippen LogP contribution in [-0.4, -0.2) is 28.7 Å². The summed E-state index contributed by atoms with van der Waals surface area (Å²) in [6.07, 6.45) is 0.267. The van der Waals surface area contributed by atoms with E-state index in [-0.39, 0.29) is 6.10 Å². The molecule has 1 heterocycles. The van der Waals surface area contributed by atoms with E-state index >= 15 is 0 Å². The normalized spacial score (nSPS) is 11.1. The molecule has 2 rings (SSSR count). The van der Waals surface area contributed by atoms with Crippen LogP contribution in [0, 0.1) is 6.92 Å². The summed E-state index contributed by atoms with van der Waals surface area (Å²) >= 11 is 9.29. The second kappa shape index (κ2) is 7.98. The van der Waals surface area contributed by atoms with E-state index in [2.05, 4.69) is 15.5 Å². The molecule has 7 heteroatoms. The first-order chi connectivity index (χ1) is 10.1. The summed E-state index contributed by atoms with van der Waals surface area (Å²) in [6.45, 7) is 6.76. The van der Waals surface area contributed by atoms with E-state index in [4.69, 9.17) is 16.3 Å². The Balaban J connectivity index is 1.89. The second-order valence-electron chi connectivity index (χ2n) is 4.68. The van der Waals surface area contributed by atoms with Crippen LogP contribution in [0.2, 0.25) is 5.02 Å². The molecule has 0 aliphatic heterocycles. The van der Waals surface area contributed by atoms with Gasteiger partial charge in [-0.15, -0.1) is 10.2 Å². The van der Waals surface area contributed by atoms with Crippen molar-refractivity contribution in [3.63, 3.8) is 0 Å². The minimum absolute atomic E-state index is 0.267. The molecule has 0 bridgehead atoms. The second-order valence-corrected chi connectivity index (χ2v) is 7.41. The van der Waals surface area contributed by atoms with Crippen molar-refractivity contribution < 1.29 is 4.74 Å². The third-order valence-electron chi connectivity index (χ3n) is 2.68. The number of hydrogen-bond donors (Lipinski definition) is 1. The standard InChI is InChI=1S/C14H18ClN3OS2/c1-9(2)19-7-8-20-14-18-17-13(21-14)16-12-6-4-5-11(15)10(12)3/h4-6,9H,7-8H2,1-3H3,(H,16,17). The summed E-state index contributed by atoms with van der Waals surface area (Å²) in [6, 6.07) is 5.77. The van der Waals surface area contributed by atoms with Crippen molar-refractivity contribution in [3.8, 4) is 0 Å². The molecular formula is C14H18ClN3OS2. The number of nitrogens with zero attached hydrogens (tertiary/aromatic N) is 2. The van der Waals surface area contributed by atoms with E-state index in [1.54, 1.807) is 11.8 Å². The highest BCUT2D eigenvalue weighted by molar-refractivity contribution is 8.01. The molecule has 0 saturated carbocycles. The maximum absolute atomic E-state index is 6.10. The zero-order chi connectivity index (χ0) is 15.2. The fraction of sp³-hybridized carbons (Fsp3) is 0.429. The Morgan fingerprint density at radius 1 is 1.38 bits per heavy atom. The van der Waals surface area contributed by atoms with Crippen LogP contribution in [0.5, 0.6) is 0 Å². The number of rotatable bonds is 7. The lowest BCUT2D eigenvalue weighted by Gasteiger charge is -2.07. The molecule has 21 heavy (non-hydrogen) atoms. The van der Waals surface area contributed by atoms with Gasteiger partial charge in [0.05, 0.1) is 12.7 Å². The van der Waals surface area contributed by atoms with Gasteiger partial charge in [-0.2, -0.15) is 0 Å². The van der Waals surface area contributed by atoms with E-state index in [0.717, 1.165) is 38.1 Å². The van der Waals surface area contributed by atoms with Crippen LogP contribution in [0.25, 0.3) is 0 Å². The quantitative estimate of drug-likeness (QED) is 0.580. The number of aromatic nitrogens is 2. The molecule has 0 atom stereocenters. The highest BCUT2D eigenvalue weighted by atomic mass is 35.5. The van der Waals surface area contributed by atoms with E-state index in [1.165, 1.54) is 11.3 Å². The van der Waals surface area contributed by atoms with Crippen molar-refractivity contribution in [3.05, 3.63) is 28.8 Å². The van der Waals surface area contributed by atoms with Gasteiger partial charge in [0.2, 0.25) is 5.13 Å². The molecule has 0 radical (unpaired) electrons. The van der Waals surface area contributed by atoms with E-state index < -0.39 is 0 Å². The molecule has 1 aromatic carbocycles. The Kier molecular flexibility index (Phi) is 6.29. The lowest BCUT2D eigenvalue weighted by Crippen LogP contribution is -2.05. The minimum atomic E-state index is 0.267. The summed E-state index contributed by atoms with van der Waals surface area (Å²) in [5.74, 6) is 0.878. The SMILES string of the molecule is Cc1c(Cl)cccc1Nc1nnc(SCCOC(C)C)s1. The van der Waals surface area contributed by atoms with E-state index in [9.17, 15) is 0 Å². The van der Waals surface area contributed by atoms with Gasteiger partial charge in [-0.1, -0.05) is 40.8 Å². The zero-order valence-corrected chi connectivity index (χ0v) is 14.6. The number of anilines is 2. The van der Waals surface area contributed by atoms with Crippen molar-refractivity contribution >= 4 is 45.5 Å². The number of ether oxygens (including phenoxy) is 1. The largest absolute Gasteiger partial charge is 0.378 e. The van der Waals surface area contributed by atoms with Gasteiger partial charge in [0, 0.05) is 16.5 Å². The molecule has 2 aromatic rings. The fourth-order valence-corrected chi connectivity index (χ4v) is 3.43. The summed E-state index contributed by atoms with van der Waals surface area (Å²) in [4.78, 5) is 0. The number of hydrogen-bond acceptors (Lipinski definition) is 6. The van der Waals surface area contributed by atoms with Crippen molar-refractivity contribution in [1.29, 1.82) is 0 Å². The molecule has 1 aromatic heterocycles. The van der Waals surface area contributed by atoms with Crippen LogP contribution in [0.4, 0.5) is 10.8 Å². The van der Waals surface area contributed by atoms with Crippen molar-refractivity contribution in [1.82, 2.24) is 10.2 Å². The first kappa shape index (κ1) is 16.5. The molecule has 0 amide bonds. The molecule has 4 nitrogen and oxygen atoms in total. The van der Waals surface area contributed by atoms with Gasteiger partial charge in [0.15, 0.2) is 4.34 Å². The predicted molar refractivity (Wildman–Crippen MR) is 91.2 cm³/mol. The molecule has 0 saturated heterocycles. The highest BCUT2D eigenvalue weighted by Gasteiger charge is 2.08. The maximum atomic E-state index is 6.10. The Hall–Kier alpha value is -0.820. The molecule has 0 spiro atoms. The van der Waals surface area contributed by atoms with Crippen molar-refractivity contribution in [2.45, 2.75) is 31.2 Å². The summed E-state index contributed by atoms with van der Waals surface area (Å²) < 4.78 is 6.43. The van der Waals surface area contributed by atoms with Gasteiger partial charge in [0.25, 0.3) is 0 Å². The van der Waals surface area contributed by atoms with Gasteiger partial charge in [0.1, 0.15) is 0 Å². The van der Waals surface area contributed by atoms with Gasteiger partial charge in [-0.05, 0) is 38.5 Å². The molecule has 1 N–H and O–H groups in total. The molecule has 0 unspecified atom stereocenters. The average molecular weight is 344 g/mol. The van der Waals surface area contributed by atoms with Crippen LogP contribution in [0.15, 0.2) is 22.5 Å². The molecule has 114 valence electrons. The average Bonchev–Trinajstić information content (AvgIpc) is 2.87. The lowest BCUT2D eigenvalue weighted by atomic mass is 10.2. The molecule has 0 aliphatic rings. The van der Waals surface area contributed by atoms with Gasteiger partial charge < -0.3 is 10.1 Å². The monoisotopic (exact) mass is 343 g/mol. The van der Waals surface area contributed by atoms with Gasteiger partial charge in [-0.25, -0.2) is 0 Å². The summed E-state index contributed by atoms with van der Waals surface area (Å²) in [5.41, 5.74) is 1.97. The first-order valence-corrected chi connectivity index (χ1v) is 8.84. The Morgan fingerprint density at radius 2 is 2.19 bits per heavy atom. The van der Waals surface area contributed by atoms with Gasteiger partial charge in [-0.3, -0.25) is 0 Å². The molecule has 0 aliphatic carbocycles. The van der Waals surface area contributed by atoms with E-state index in [0.29, 0.717) is 0 Å². The van der Waals surface area contributed by atoms with Crippen LogP contribution in [-0.2, 0) is 4.74 Å². The molecular weight excluding hydrogens is 326 g/mol. The lowest BCUT2D eigenvalue weighted by molar-refractivity contribution is 0.0920. The summed E-state index contributed by atoms with van der Waals surface area (Å²) in [5, 5.41) is 13.1. The Morgan fingerprint density at radius 3 is 2.95 bits per heavy atom. The number of nitrogens with one attached hydrogen (secondary N) is 1. The number of thioether (sulfide) groups is 1. The van der Waals surface area contributed by atoms with Crippen molar-refractivity contribution in [2.75, 3.05) is 17.7 Å². The molecule has 0 fully saturated rings. The zero-order valence-electron chi connectivity index (χ0n) is 12.2. The number of benzene rings is 1. The highest BCUT2D eigenvalue weighted by Crippen LogP contribution is 2.30. The van der Waals surface area contributed by atoms with Crippen LogP contribution >= 0.6 is 34.7 Å². The topological polar surface area (TPSA) is 47.0 Å². The summed E-state index contributed by atoms with van der Waals surface area (Å²) in [7, 11) is 0. The number of halogens is 1. The Labute approximate surface area is 138 Å². The van der Waals surface area contributed by atoms with E-state index in [1.807, 2.05) is 39.0 Å². The third-order valence-corrected chi connectivity index (χ3v) is 5.02. The maximum Gasteiger partial charge on any atom is 0.210 e. The van der Waals surface area contributed by atoms with Crippen LogP contribution < -0.4 is 5.32 Å². The first-order valence-electron chi connectivity index (χ1n) is 6.66. The fourth-order valence-electron chi connectivity index (χ4n) is 1.59. The van der Waals surface area contributed by atoms with Crippen molar-refractivity contribution in [2.24, 2.45) is 0 Å². The van der Waals surface area contributed by atoms with Crippen LogP contribution in [0.3, 0.4) is 0 Å².